The van der Waals surface area contributed by atoms with Gasteiger partial charge in [-0.3, -0.25) is 4.79 Å². The minimum atomic E-state index is -0.234. The van der Waals surface area contributed by atoms with Gasteiger partial charge in [-0.25, -0.2) is 4.98 Å². The van der Waals surface area contributed by atoms with Crippen LogP contribution in [0.3, 0.4) is 0 Å². The lowest BCUT2D eigenvalue weighted by molar-refractivity contribution is 0.305. The van der Waals surface area contributed by atoms with Crippen LogP contribution in [0.2, 0.25) is 5.02 Å². The van der Waals surface area contributed by atoms with E-state index in [9.17, 15) is 4.79 Å². The van der Waals surface area contributed by atoms with Crippen molar-refractivity contribution in [3.05, 3.63) is 114 Å². The van der Waals surface area contributed by atoms with Gasteiger partial charge in [0.1, 0.15) is 18.2 Å². The molecule has 0 N–H and O–H groups in total. The Labute approximate surface area is 242 Å². The number of hydrogen-bond donors (Lipinski definition) is 0. The van der Waals surface area contributed by atoms with Gasteiger partial charge in [0.15, 0.2) is 0 Å². The quantitative estimate of drug-likeness (QED) is 0.165. The predicted molar refractivity (Wildman–Crippen MR) is 163 cm³/mol. The molecule has 1 atom stereocenters. The molecule has 0 spiro atoms. The van der Waals surface area contributed by atoms with E-state index in [1.807, 2.05) is 37.3 Å². The van der Waals surface area contributed by atoms with Gasteiger partial charge in [0.2, 0.25) is 0 Å². The summed E-state index contributed by atoms with van der Waals surface area (Å²) >= 11 is 13.4. The Morgan fingerprint density at radius 2 is 1.84 bits per heavy atom. The standard InChI is InChI=1S/C30H24Br2ClN3O2/c1-3-18(2)29-35-27-12-11-22(31)14-25(27)30(37)36(29)34-16-21-13-23(33)15-26(32)28(21)38-17-20-9-6-8-19-7-4-5-10-24(19)20/h4-16,18H,3,17H2,1-2H3/t18-/m0/s1. The Morgan fingerprint density at radius 1 is 1.05 bits per heavy atom. The molecule has 8 heteroatoms. The number of aromatic nitrogens is 2. The zero-order valence-corrected chi connectivity index (χ0v) is 24.7. The highest BCUT2D eigenvalue weighted by molar-refractivity contribution is 9.10. The molecule has 192 valence electrons. The lowest BCUT2D eigenvalue weighted by Crippen LogP contribution is -2.23. The summed E-state index contributed by atoms with van der Waals surface area (Å²) in [5.41, 5.74) is 2.11. The number of nitrogens with zero attached hydrogens (tertiary/aromatic N) is 3. The molecule has 4 aromatic carbocycles. The van der Waals surface area contributed by atoms with E-state index >= 15 is 0 Å². The fourth-order valence-corrected chi connectivity index (χ4v) is 5.61. The summed E-state index contributed by atoms with van der Waals surface area (Å²) in [6.45, 7) is 4.45. The lowest BCUT2D eigenvalue weighted by Gasteiger charge is -2.15. The summed E-state index contributed by atoms with van der Waals surface area (Å²) in [7, 11) is 0. The highest BCUT2D eigenvalue weighted by Crippen LogP contribution is 2.33. The van der Waals surface area contributed by atoms with Gasteiger partial charge in [-0.1, -0.05) is 83.8 Å². The van der Waals surface area contributed by atoms with Gasteiger partial charge in [-0.05, 0) is 69.0 Å². The minimum absolute atomic E-state index is 0.0288. The lowest BCUT2D eigenvalue weighted by atomic mass is 10.1. The largest absolute Gasteiger partial charge is 0.487 e. The normalized spacial score (nSPS) is 12.4. The molecule has 0 fully saturated rings. The van der Waals surface area contributed by atoms with Crippen molar-refractivity contribution < 1.29 is 4.74 Å². The van der Waals surface area contributed by atoms with Crippen LogP contribution < -0.4 is 10.3 Å². The number of halogens is 3. The second kappa shape index (κ2) is 11.4. The molecule has 0 aliphatic carbocycles. The molecule has 0 saturated carbocycles. The van der Waals surface area contributed by atoms with E-state index in [0.717, 1.165) is 27.2 Å². The van der Waals surface area contributed by atoms with Crippen LogP contribution in [0.5, 0.6) is 5.75 Å². The van der Waals surface area contributed by atoms with Gasteiger partial charge in [0, 0.05) is 21.0 Å². The van der Waals surface area contributed by atoms with Crippen molar-refractivity contribution in [2.24, 2.45) is 5.10 Å². The number of fused-ring (bicyclic) bond motifs is 2. The molecule has 0 saturated heterocycles. The first-order chi connectivity index (χ1) is 18.4. The van der Waals surface area contributed by atoms with Gasteiger partial charge in [0.05, 0.1) is 21.6 Å². The summed E-state index contributed by atoms with van der Waals surface area (Å²) in [5, 5.41) is 7.91. The maximum Gasteiger partial charge on any atom is 0.282 e. The molecule has 0 radical (unpaired) electrons. The summed E-state index contributed by atoms with van der Waals surface area (Å²) in [5.74, 6) is 1.21. The average molecular weight is 654 g/mol. The van der Waals surface area contributed by atoms with Crippen LogP contribution in [0.15, 0.2) is 91.6 Å². The smallest absolute Gasteiger partial charge is 0.282 e. The highest BCUT2D eigenvalue weighted by Gasteiger charge is 2.17. The monoisotopic (exact) mass is 651 g/mol. The van der Waals surface area contributed by atoms with E-state index in [4.69, 9.17) is 21.3 Å². The Balaban J connectivity index is 1.57. The first-order valence-electron chi connectivity index (χ1n) is 12.2. The molecule has 0 unspecified atom stereocenters. The second-order valence-corrected chi connectivity index (χ2v) is 11.2. The Kier molecular flexibility index (Phi) is 7.98. The molecule has 5 nitrogen and oxygen atoms in total. The van der Waals surface area contributed by atoms with E-state index in [-0.39, 0.29) is 11.5 Å². The van der Waals surface area contributed by atoms with Gasteiger partial charge < -0.3 is 4.74 Å². The number of hydrogen-bond acceptors (Lipinski definition) is 4. The first-order valence-corrected chi connectivity index (χ1v) is 14.2. The molecule has 1 heterocycles. The third-order valence-corrected chi connectivity index (χ3v) is 7.79. The van der Waals surface area contributed by atoms with Crippen LogP contribution >= 0.6 is 43.5 Å². The van der Waals surface area contributed by atoms with Crippen molar-refractivity contribution in [1.29, 1.82) is 0 Å². The van der Waals surface area contributed by atoms with Crippen molar-refractivity contribution in [3.8, 4) is 5.75 Å². The zero-order valence-electron chi connectivity index (χ0n) is 20.8. The summed E-state index contributed by atoms with van der Waals surface area (Å²) in [4.78, 5) is 18.3. The summed E-state index contributed by atoms with van der Waals surface area (Å²) in [6, 6.07) is 23.4. The number of rotatable bonds is 7. The Morgan fingerprint density at radius 3 is 2.66 bits per heavy atom. The summed E-state index contributed by atoms with van der Waals surface area (Å²) < 4.78 is 9.20. The highest BCUT2D eigenvalue weighted by atomic mass is 79.9. The van der Waals surface area contributed by atoms with Crippen LogP contribution in [-0.4, -0.2) is 15.9 Å². The molecule has 1 aromatic heterocycles. The third-order valence-electron chi connectivity index (χ3n) is 6.49. The molecular formula is C30H24Br2ClN3O2. The maximum atomic E-state index is 13.5. The Bertz CT molecular complexity index is 1740. The molecule has 0 aliphatic rings. The molecule has 5 aromatic rings. The molecule has 0 amide bonds. The fraction of sp³-hybridized carbons (Fsp3) is 0.167. The number of ether oxygens (including phenoxy) is 1. The van der Waals surface area contributed by atoms with Crippen LogP contribution in [-0.2, 0) is 6.61 Å². The third kappa shape index (κ3) is 5.41. The van der Waals surface area contributed by atoms with Crippen LogP contribution in [0.25, 0.3) is 21.7 Å². The van der Waals surface area contributed by atoms with Gasteiger partial charge in [0.25, 0.3) is 5.56 Å². The van der Waals surface area contributed by atoms with E-state index in [0.29, 0.717) is 44.1 Å². The Hall–Kier alpha value is -3.00. The molecule has 0 bridgehead atoms. The van der Waals surface area contributed by atoms with E-state index in [1.165, 1.54) is 4.68 Å². The van der Waals surface area contributed by atoms with Crippen molar-refractivity contribution >= 4 is 71.4 Å². The molecular weight excluding hydrogens is 630 g/mol. The van der Waals surface area contributed by atoms with E-state index in [2.05, 4.69) is 68.2 Å². The van der Waals surface area contributed by atoms with Crippen LogP contribution in [0.4, 0.5) is 0 Å². The average Bonchev–Trinajstić information content (AvgIpc) is 2.91. The second-order valence-electron chi connectivity index (χ2n) is 9.04. The molecule has 38 heavy (non-hydrogen) atoms. The number of benzene rings is 4. The molecule has 5 rings (SSSR count). The maximum absolute atomic E-state index is 13.5. The van der Waals surface area contributed by atoms with Gasteiger partial charge >= 0.3 is 0 Å². The van der Waals surface area contributed by atoms with Gasteiger partial charge in [-0.15, -0.1) is 0 Å². The van der Waals surface area contributed by atoms with Crippen molar-refractivity contribution in [3.63, 3.8) is 0 Å². The topological polar surface area (TPSA) is 56.5 Å². The van der Waals surface area contributed by atoms with Crippen molar-refractivity contribution in [1.82, 2.24) is 9.66 Å². The first kappa shape index (κ1) is 26.6. The van der Waals surface area contributed by atoms with Gasteiger partial charge in [-0.2, -0.15) is 9.78 Å². The SMILES string of the molecule is CC[C@H](C)c1nc2ccc(Br)cc2c(=O)n1N=Cc1cc(Cl)cc(Br)c1OCc1cccc2ccccc12. The van der Waals surface area contributed by atoms with Crippen LogP contribution in [0.1, 0.15) is 43.1 Å². The summed E-state index contributed by atoms with van der Waals surface area (Å²) in [6.07, 6.45) is 2.42. The fourth-order valence-electron chi connectivity index (χ4n) is 4.30. The van der Waals surface area contributed by atoms with Crippen LogP contribution in [0, 0.1) is 0 Å². The van der Waals surface area contributed by atoms with Crippen molar-refractivity contribution in [2.45, 2.75) is 32.8 Å². The minimum Gasteiger partial charge on any atom is -0.487 e. The molecule has 0 aliphatic heterocycles. The predicted octanol–water partition coefficient (Wildman–Crippen LogP) is 8.70. The van der Waals surface area contributed by atoms with E-state index in [1.54, 1.807) is 24.4 Å². The van der Waals surface area contributed by atoms with E-state index < -0.39 is 0 Å². The van der Waals surface area contributed by atoms with Crippen molar-refractivity contribution in [2.75, 3.05) is 0 Å². The zero-order chi connectivity index (χ0) is 26.8.